The first-order chi connectivity index (χ1) is 9.69. The van der Waals surface area contributed by atoms with Crippen molar-refractivity contribution in [3.63, 3.8) is 0 Å². The van der Waals surface area contributed by atoms with E-state index in [4.69, 9.17) is 4.52 Å². The fourth-order valence-electron chi connectivity index (χ4n) is 1.52. The number of hydrogen-bond acceptors (Lipinski definition) is 8. The lowest BCUT2D eigenvalue weighted by molar-refractivity contribution is 0.385. The third-order valence-electron chi connectivity index (χ3n) is 2.53. The zero-order chi connectivity index (χ0) is 14.4. The Labute approximate surface area is 121 Å². The van der Waals surface area contributed by atoms with Crippen LogP contribution >= 0.6 is 11.8 Å². The third-order valence-corrected chi connectivity index (χ3v) is 3.47. The van der Waals surface area contributed by atoms with Gasteiger partial charge in [-0.2, -0.15) is 4.98 Å². The summed E-state index contributed by atoms with van der Waals surface area (Å²) >= 11 is 1.49. The lowest BCUT2D eigenvalue weighted by Gasteiger charge is -2.08. The van der Waals surface area contributed by atoms with Gasteiger partial charge in [-0.3, -0.25) is 0 Å². The van der Waals surface area contributed by atoms with Gasteiger partial charge in [0, 0.05) is 19.0 Å². The highest BCUT2D eigenvalue weighted by Crippen LogP contribution is 2.18. The topological polar surface area (TPSA) is 94.5 Å². The van der Waals surface area contributed by atoms with Gasteiger partial charge in [-0.25, -0.2) is 4.68 Å². The van der Waals surface area contributed by atoms with Gasteiger partial charge in [0.05, 0.1) is 12.3 Å². The summed E-state index contributed by atoms with van der Waals surface area (Å²) in [6.45, 7) is 7.77. The maximum absolute atomic E-state index is 5.13. The molecule has 0 aliphatic heterocycles. The van der Waals surface area contributed by atoms with E-state index in [9.17, 15) is 0 Å². The number of nitrogens with one attached hydrogen (secondary N) is 1. The molecule has 2 heterocycles. The van der Waals surface area contributed by atoms with E-state index < -0.39 is 0 Å². The van der Waals surface area contributed by atoms with Gasteiger partial charge in [0.2, 0.25) is 11.0 Å². The zero-order valence-corrected chi connectivity index (χ0v) is 12.7. The summed E-state index contributed by atoms with van der Waals surface area (Å²) in [7, 11) is 0. The first-order valence-corrected chi connectivity index (χ1v) is 7.61. The molecule has 0 atom stereocenters. The first-order valence-electron chi connectivity index (χ1n) is 6.62. The van der Waals surface area contributed by atoms with Crippen molar-refractivity contribution < 1.29 is 4.52 Å². The molecule has 0 bridgehead atoms. The van der Waals surface area contributed by atoms with Gasteiger partial charge in [0.25, 0.3) is 0 Å². The van der Waals surface area contributed by atoms with Gasteiger partial charge in [-0.15, -0.1) is 5.10 Å². The van der Waals surface area contributed by atoms with Crippen LogP contribution in [0.2, 0.25) is 0 Å². The molecule has 2 rings (SSSR count). The quantitative estimate of drug-likeness (QED) is 0.718. The van der Waals surface area contributed by atoms with E-state index >= 15 is 0 Å². The van der Waals surface area contributed by atoms with E-state index in [1.165, 1.54) is 11.8 Å². The van der Waals surface area contributed by atoms with Gasteiger partial charge in [0.15, 0.2) is 5.82 Å². The largest absolute Gasteiger partial charge is 0.338 e. The predicted molar refractivity (Wildman–Crippen MR) is 74.2 cm³/mol. The highest BCUT2D eigenvalue weighted by molar-refractivity contribution is 7.98. The molecule has 2 aromatic heterocycles. The third kappa shape index (κ3) is 4.27. The van der Waals surface area contributed by atoms with E-state index in [-0.39, 0.29) is 0 Å². The van der Waals surface area contributed by atoms with Gasteiger partial charge >= 0.3 is 0 Å². The first kappa shape index (κ1) is 14.9. The van der Waals surface area contributed by atoms with E-state index in [1.807, 2.05) is 6.92 Å². The molecule has 9 heteroatoms. The maximum atomic E-state index is 5.13. The molecule has 0 fully saturated rings. The number of aryl methyl sites for hydroxylation is 1. The highest BCUT2D eigenvalue weighted by Gasteiger charge is 2.10. The Morgan fingerprint density at radius 2 is 2.25 bits per heavy atom. The van der Waals surface area contributed by atoms with Crippen LogP contribution in [0.1, 0.15) is 32.5 Å². The Morgan fingerprint density at radius 3 is 2.95 bits per heavy atom. The average Bonchev–Trinajstić information content (AvgIpc) is 3.04. The van der Waals surface area contributed by atoms with Crippen molar-refractivity contribution in [1.82, 2.24) is 35.7 Å². The van der Waals surface area contributed by atoms with Crippen molar-refractivity contribution in [3.8, 4) is 0 Å². The number of hydrogen-bond donors (Lipinski definition) is 1. The minimum absolute atomic E-state index is 0.452. The van der Waals surface area contributed by atoms with Crippen LogP contribution in [0, 0.1) is 0 Å². The fourth-order valence-corrected chi connectivity index (χ4v) is 2.26. The van der Waals surface area contributed by atoms with E-state index in [0.29, 0.717) is 17.7 Å². The van der Waals surface area contributed by atoms with Crippen LogP contribution in [0.5, 0.6) is 0 Å². The number of thioether (sulfide) groups is 1. The smallest absolute Gasteiger partial charge is 0.237 e. The van der Waals surface area contributed by atoms with Crippen LogP contribution in [-0.4, -0.2) is 42.9 Å². The van der Waals surface area contributed by atoms with Crippen molar-refractivity contribution in [2.75, 3.05) is 6.54 Å². The molecule has 110 valence electrons. The Bertz CT molecular complexity index is 524. The van der Waals surface area contributed by atoms with Crippen LogP contribution in [-0.2, 0) is 18.7 Å². The highest BCUT2D eigenvalue weighted by atomic mass is 32.2. The molecule has 0 amide bonds. The number of rotatable bonds is 8. The van der Waals surface area contributed by atoms with E-state index in [0.717, 1.165) is 30.5 Å². The number of tetrazole rings is 1. The van der Waals surface area contributed by atoms with Crippen molar-refractivity contribution in [2.24, 2.45) is 0 Å². The maximum Gasteiger partial charge on any atom is 0.237 e. The molecule has 2 aromatic rings. The second kappa shape index (κ2) is 7.34. The summed E-state index contributed by atoms with van der Waals surface area (Å²) in [5.41, 5.74) is 0. The van der Waals surface area contributed by atoms with Crippen LogP contribution < -0.4 is 5.32 Å². The Balaban J connectivity index is 1.85. The van der Waals surface area contributed by atoms with Crippen LogP contribution in [0.15, 0.2) is 9.68 Å². The summed E-state index contributed by atoms with van der Waals surface area (Å²) in [4.78, 5) is 4.25. The molecular formula is C11H19N7OS. The molecule has 1 N–H and O–H groups in total. The fraction of sp³-hybridized carbons (Fsp3) is 0.727. The Morgan fingerprint density at radius 1 is 1.40 bits per heavy atom. The Hall–Kier alpha value is -1.48. The molecule has 0 aromatic carbocycles. The lowest BCUT2D eigenvalue weighted by atomic mass is 10.4. The minimum atomic E-state index is 0.452. The number of nitrogens with zero attached hydrogens (tertiary/aromatic N) is 6. The molecule has 0 saturated heterocycles. The molecule has 0 radical (unpaired) electrons. The second-order valence-electron chi connectivity index (χ2n) is 4.54. The summed E-state index contributed by atoms with van der Waals surface area (Å²) in [6, 6.07) is 0.452. The normalized spacial score (nSPS) is 11.4. The van der Waals surface area contributed by atoms with Crippen molar-refractivity contribution in [1.29, 1.82) is 0 Å². The summed E-state index contributed by atoms with van der Waals surface area (Å²) in [5, 5.41) is 19.6. The van der Waals surface area contributed by atoms with Crippen molar-refractivity contribution in [3.05, 3.63) is 11.7 Å². The lowest BCUT2D eigenvalue weighted by Crippen LogP contribution is -2.27. The molecule has 0 saturated carbocycles. The van der Waals surface area contributed by atoms with Crippen molar-refractivity contribution >= 4 is 11.8 Å². The monoisotopic (exact) mass is 297 g/mol. The van der Waals surface area contributed by atoms with Crippen LogP contribution in [0.3, 0.4) is 0 Å². The van der Waals surface area contributed by atoms with Gasteiger partial charge in [0.1, 0.15) is 0 Å². The molecule has 0 aliphatic carbocycles. The van der Waals surface area contributed by atoms with E-state index in [2.05, 4.69) is 44.8 Å². The molecule has 20 heavy (non-hydrogen) atoms. The SMILES string of the molecule is CCc1noc(CSc2nnnn2CCNC(C)C)n1. The van der Waals surface area contributed by atoms with Crippen LogP contribution in [0.25, 0.3) is 0 Å². The van der Waals surface area contributed by atoms with E-state index in [1.54, 1.807) is 4.68 Å². The number of aromatic nitrogens is 6. The predicted octanol–water partition coefficient (Wildman–Crippen LogP) is 0.909. The second-order valence-corrected chi connectivity index (χ2v) is 5.48. The minimum Gasteiger partial charge on any atom is -0.338 e. The molecule has 0 unspecified atom stereocenters. The van der Waals surface area contributed by atoms with Gasteiger partial charge in [-0.1, -0.05) is 37.7 Å². The van der Waals surface area contributed by atoms with Crippen molar-refractivity contribution in [2.45, 2.75) is 50.7 Å². The van der Waals surface area contributed by atoms with Crippen LogP contribution in [0.4, 0.5) is 0 Å². The van der Waals surface area contributed by atoms with Gasteiger partial charge in [-0.05, 0) is 10.4 Å². The van der Waals surface area contributed by atoms with Gasteiger partial charge < -0.3 is 9.84 Å². The summed E-state index contributed by atoms with van der Waals surface area (Å²) in [5.74, 6) is 1.90. The summed E-state index contributed by atoms with van der Waals surface area (Å²) in [6.07, 6.45) is 0.771. The average molecular weight is 297 g/mol. The molecule has 0 aliphatic rings. The molecule has 8 nitrogen and oxygen atoms in total. The molecular weight excluding hydrogens is 278 g/mol. The summed E-state index contributed by atoms with van der Waals surface area (Å²) < 4.78 is 6.91. The Kier molecular flexibility index (Phi) is 5.48. The zero-order valence-electron chi connectivity index (χ0n) is 11.9. The standard InChI is InChI=1S/C11H19N7OS/c1-4-9-13-10(19-15-9)7-20-11-14-16-17-18(11)6-5-12-8(2)3/h8,12H,4-7H2,1-3H3. The molecule has 0 spiro atoms.